The van der Waals surface area contributed by atoms with Gasteiger partial charge in [0.25, 0.3) is 0 Å². The van der Waals surface area contributed by atoms with Crippen LogP contribution in [0.15, 0.2) is 17.0 Å². The average molecular weight is 341 g/mol. The number of aryl methyl sites for hydroxylation is 3. The number of unbranched alkanes of at least 4 members (excludes halogenated alkanes) is 2. The van der Waals surface area contributed by atoms with Crippen LogP contribution in [0, 0.1) is 20.8 Å². The fourth-order valence-electron chi connectivity index (χ4n) is 3.05. The van der Waals surface area contributed by atoms with Crippen LogP contribution >= 0.6 is 0 Å². The lowest BCUT2D eigenvalue weighted by atomic mass is 10.1. The van der Waals surface area contributed by atoms with Crippen LogP contribution in [-0.4, -0.2) is 39.5 Å². The second-order valence-electron chi connectivity index (χ2n) is 6.21. The summed E-state index contributed by atoms with van der Waals surface area (Å²) in [5, 5.41) is 0. The normalized spacial score (nSPS) is 12.1. The molecule has 1 rings (SSSR count). The van der Waals surface area contributed by atoms with Gasteiger partial charge in [-0.3, -0.25) is 0 Å². The van der Waals surface area contributed by atoms with E-state index in [4.69, 9.17) is 0 Å². The van der Waals surface area contributed by atoms with E-state index in [1.807, 2.05) is 32.9 Å². The van der Waals surface area contributed by atoms with Crippen molar-refractivity contribution in [2.24, 2.45) is 0 Å². The van der Waals surface area contributed by atoms with Gasteiger partial charge >= 0.3 is 0 Å². The fraction of sp³-hybridized carbons (Fsp3) is 0.667. The largest absolute Gasteiger partial charge is 0.304 e. The van der Waals surface area contributed by atoms with Crippen molar-refractivity contribution in [3.63, 3.8) is 0 Å². The molecule has 0 aliphatic rings. The minimum atomic E-state index is -3.41. The molecule has 1 N–H and O–H groups in total. The molecule has 0 radical (unpaired) electrons. The van der Waals surface area contributed by atoms with E-state index in [0.29, 0.717) is 11.4 Å². The second-order valence-corrected chi connectivity index (χ2v) is 7.92. The molecule has 0 bridgehead atoms. The number of sulfonamides is 1. The summed E-state index contributed by atoms with van der Waals surface area (Å²) >= 11 is 0. The first kappa shape index (κ1) is 20.1. The van der Waals surface area contributed by atoms with E-state index in [2.05, 4.69) is 23.5 Å². The predicted octanol–water partition coefficient (Wildman–Crippen LogP) is 3.40. The monoisotopic (exact) mass is 340 g/mol. The van der Waals surface area contributed by atoms with Crippen LogP contribution in [0.4, 0.5) is 0 Å². The van der Waals surface area contributed by atoms with Crippen molar-refractivity contribution in [1.82, 2.24) is 9.62 Å². The van der Waals surface area contributed by atoms with Crippen molar-refractivity contribution in [1.29, 1.82) is 0 Å². The quantitative estimate of drug-likeness (QED) is 0.664. The smallest absolute Gasteiger partial charge is 0.241 e. The number of nitrogens with one attached hydrogen (secondary N) is 1. The maximum atomic E-state index is 12.5. The third-order valence-electron chi connectivity index (χ3n) is 4.21. The van der Waals surface area contributed by atoms with Gasteiger partial charge in [-0.25, -0.2) is 13.1 Å². The molecule has 1 aromatic rings. The van der Waals surface area contributed by atoms with Crippen LogP contribution in [0.1, 0.15) is 49.8 Å². The Hall–Kier alpha value is -0.910. The number of nitrogens with zero attached hydrogens (tertiary/aromatic N) is 1. The first-order chi connectivity index (χ1) is 10.8. The first-order valence-corrected chi connectivity index (χ1v) is 10.1. The zero-order valence-corrected chi connectivity index (χ0v) is 16.1. The van der Waals surface area contributed by atoms with E-state index in [0.717, 1.165) is 55.6 Å². The van der Waals surface area contributed by atoms with E-state index in [-0.39, 0.29) is 0 Å². The maximum absolute atomic E-state index is 12.5. The van der Waals surface area contributed by atoms with Crippen LogP contribution in [0.3, 0.4) is 0 Å². The number of hydrogen-bond acceptors (Lipinski definition) is 3. The summed E-state index contributed by atoms with van der Waals surface area (Å²) in [5.41, 5.74) is 2.73. The van der Waals surface area contributed by atoms with E-state index in [1.54, 1.807) is 0 Å². The van der Waals surface area contributed by atoms with Crippen LogP contribution in [0.25, 0.3) is 0 Å². The number of benzene rings is 1. The Balaban J connectivity index is 2.48. The second kappa shape index (κ2) is 9.40. The average Bonchev–Trinajstić information content (AvgIpc) is 2.45. The van der Waals surface area contributed by atoms with Crippen LogP contribution in [0.2, 0.25) is 0 Å². The van der Waals surface area contributed by atoms with Crippen molar-refractivity contribution >= 4 is 10.0 Å². The fourth-order valence-corrected chi connectivity index (χ4v) is 4.57. The Bertz CT molecular complexity index is 570. The molecule has 0 amide bonds. The Morgan fingerprint density at radius 3 is 2.04 bits per heavy atom. The predicted molar refractivity (Wildman–Crippen MR) is 97.5 cm³/mol. The minimum absolute atomic E-state index is 0.436. The molecule has 4 nitrogen and oxygen atoms in total. The molecule has 0 saturated heterocycles. The minimum Gasteiger partial charge on any atom is -0.304 e. The molecule has 0 atom stereocenters. The Kier molecular flexibility index (Phi) is 8.23. The third-order valence-corrected chi connectivity index (χ3v) is 5.98. The topological polar surface area (TPSA) is 49.4 Å². The van der Waals surface area contributed by atoms with Crippen molar-refractivity contribution in [2.45, 2.75) is 58.8 Å². The maximum Gasteiger partial charge on any atom is 0.241 e. The third kappa shape index (κ3) is 6.24. The van der Waals surface area contributed by atoms with Crippen LogP contribution in [0.5, 0.6) is 0 Å². The molecule has 1 aromatic carbocycles. The molecule has 0 aromatic heterocycles. The zero-order chi connectivity index (χ0) is 17.5. The number of hydrogen-bond donors (Lipinski definition) is 1. The molecule has 23 heavy (non-hydrogen) atoms. The van der Waals surface area contributed by atoms with Gasteiger partial charge < -0.3 is 4.90 Å². The Morgan fingerprint density at radius 1 is 0.957 bits per heavy atom. The molecule has 0 heterocycles. The van der Waals surface area contributed by atoms with Crippen molar-refractivity contribution in [2.75, 3.05) is 26.2 Å². The summed E-state index contributed by atoms with van der Waals surface area (Å²) in [5.74, 6) is 0. The first-order valence-electron chi connectivity index (χ1n) is 8.61. The van der Waals surface area contributed by atoms with Gasteiger partial charge in [0.15, 0.2) is 0 Å². The molecule has 0 aliphatic carbocycles. The molecule has 0 fully saturated rings. The van der Waals surface area contributed by atoms with E-state index in [1.165, 1.54) is 0 Å². The lowest BCUT2D eigenvalue weighted by Crippen LogP contribution is -2.27. The van der Waals surface area contributed by atoms with Crippen LogP contribution < -0.4 is 4.72 Å². The molecule has 0 spiro atoms. The highest BCUT2D eigenvalue weighted by molar-refractivity contribution is 7.89. The molecule has 5 heteroatoms. The van der Waals surface area contributed by atoms with Crippen LogP contribution in [-0.2, 0) is 10.0 Å². The molecule has 132 valence electrons. The van der Waals surface area contributed by atoms with Gasteiger partial charge in [-0.15, -0.1) is 0 Å². The van der Waals surface area contributed by atoms with Gasteiger partial charge in [0.05, 0.1) is 4.90 Å². The Labute approximate surface area is 142 Å². The summed E-state index contributed by atoms with van der Waals surface area (Å²) in [6.07, 6.45) is 3.04. The lowest BCUT2D eigenvalue weighted by Gasteiger charge is -2.17. The molecular formula is C18H32N2O2S. The SMILES string of the molecule is CCN(CC)CCCCCNS(=O)(=O)c1c(C)cc(C)cc1C. The number of rotatable bonds is 10. The van der Waals surface area contributed by atoms with E-state index < -0.39 is 10.0 Å². The summed E-state index contributed by atoms with van der Waals surface area (Å²) in [6.45, 7) is 13.8. The molecule has 0 aliphatic heterocycles. The molecule has 0 saturated carbocycles. The van der Waals surface area contributed by atoms with Gasteiger partial charge in [0.1, 0.15) is 0 Å². The van der Waals surface area contributed by atoms with Gasteiger partial charge in [0, 0.05) is 6.54 Å². The summed E-state index contributed by atoms with van der Waals surface area (Å²) < 4.78 is 27.7. The van der Waals surface area contributed by atoms with Gasteiger partial charge in [-0.05, 0) is 64.4 Å². The summed E-state index contributed by atoms with van der Waals surface area (Å²) in [7, 11) is -3.41. The highest BCUT2D eigenvalue weighted by atomic mass is 32.2. The van der Waals surface area contributed by atoms with Gasteiger partial charge in [0.2, 0.25) is 10.0 Å². The lowest BCUT2D eigenvalue weighted by molar-refractivity contribution is 0.296. The summed E-state index contributed by atoms with van der Waals surface area (Å²) in [4.78, 5) is 2.83. The van der Waals surface area contributed by atoms with Crippen molar-refractivity contribution in [3.05, 3.63) is 28.8 Å². The standard InChI is InChI=1S/C18H32N2O2S/c1-6-20(7-2)12-10-8-9-11-19-23(21,22)18-16(4)13-15(3)14-17(18)5/h13-14,19H,6-12H2,1-5H3. The van der Waals surface area contributed by atoms with E-state index in [9.17, 15) is 8.42 Å². The molecule has 0 unspecified atom stereocenters. The zero-order valence-electron chi connectivity index (χ0n) is 15.3. The van der Waals surface area contributed by atoms with E-state index >= 15 is 0 Å². The Morgan fingerprint density at radius 2 is 1.52 bits per heavy atom. The molecular weight excluding hydrogens is 308 g/mol. The highest BCUT2D eigenvalue weighted by Crippen LogP contribution is 2.21. The van der Waals surface area contributed by atoms with Gasteiger partial charge in [-0.2, -0.15) is 0 Å². The van der Waals surface area contributed by atoms with Crippen molar-refractivity contribution in [3.8, 4) is 0 Å². The van der Waals surface area contributed by atoms with Crippen molar-refractivity contribution < 1.29 is 8.42 Å². The van der Waals surface area contributed by atoms with Gasteiger partial charge in [-0.1, -0.05) is 38.0 Å². The highest BCUT2D eigenvalue weighted by Gasteiger charge is 2.19. The summed E-state index contributed by atoms with van der Waals surface area (Å²) in [6, 6.07) is 3.84.